The summed E-state index contributed by atoms with van der Waals surface area (Å²) in [5.41, 5.74) is -0.119. The van der Waals surface area contributed by atoms with E-state index in [1.54, 1.807) is 12.1 Å². The third-order valence-corrected chi connectivity index (χ3v) is 8.35. The summed E-state index contributed by atoms with van der Waals surface area (Å²) in [6.45, 7) is 1.91. The SMILES string of the molecule is CCOc1ccc(S(=O)(=O)NCCC(=O)OCC(=O)NC23CC4CC(CC(C4)C2)C3)cc1. The van der Waals surface area contributed by atoms with Gasteiger partial charge in [-0.2, -0.15) is 0 Å². The molecule has 32 heavy (non-hydrogen) atoms. The first-order valence-electron chi connectivity index (χ1n) is 11.5. The van der Waals surface area contributed by atoms with Crippen LogP contribution in [0.1, 0.15) is 51.9 Å². The van der Waals surface area contributed by atoms with Gasteiger partial charge in [0.2, 0.25) is 10.0 Å². The van der Waals surface area contributed by atoms with Gasteiger partial charge in [-0.15, -0.1) is 0 Å². The maximum Gasteiger partial charge on any atom is 0.307 e. The Labute approximate surface area is 189 Å². The molecule has 176 valence electrons. The first-order valence-corrected chi connectivity index (χ1v) is 12.9. The lowest BCUT2D eigenvalue weighted by molar-refractivity contribution is -0.150. The summed E-state index contributed by atoms with van der Waals surface area (Å²) in [6, 6.07) is 6.05. The molecule has 4 aliphatic rings. The van der Waals surface area contributed by atoms with Crippen LogP contribution < -0.4 is 14.8 Å². The van der Waals surface area contributed by atoms with Crippen LogP contribution in [0.4, 0.5) is 0 Å². The van der Waals surface area contributed by atoms with Crippen molar-refractivity contribution in [2.75, 3.05) is 19.8 Å². The lowest BCUT2D eigenvalue weighted by Gasteiger charge is -2.56. The molecule has 0 spiro atoms. The van der Waals surface area contributed by atoms with E-state index in [9.17, 15) is 18.0 Å². The Morgan fingerprint density at radius 3 is 2.19 bits per heavy atom. The third kappa shape index (κ3) is 5.43. The number of amides is 1. The molecule has 4 bridgehead atoms. The van der Waals surface area contributed by atoms with Crippen LogP contribution >= 0.6 is 0 Å². The van der Waals surface area contributed by atoms with Crippen LogP contribution in [0.15, 0.2) is 29.2 Å². The largest absolute Gasteiger partial charge is 0.494 e. The van der Waals surface area contributed by atoms with Gasteiger partial charge in [0.25, 0.3) is 5.91 Å². The molecule has 0 unspecified atom stereocenters. The van der Waals surface area contributed by atoms with E-state index in [-0.39, 0.29) is 35.9 Å². The van der Waals surface area contributed by atoms with Crippen molar-refractivity contribution in [2.24, 2.45) is 17.8 Å². The van der Waals surface area contributed by atoms with Gasteiger partial charge >= 0.3 is 5.97 Å². The normalized spacial score (nSPS) is 28.3. The minimum absolute atomic E-state index is 0.0873. The predicted octanol–water partition coefficient (Wildman–Crippen LogP) is 2.38. The summed E-state index contributed by atoms with van der Waals surface area (Å²) in [6.07, 6.45) is 6.81. The lowest BCUT2D eigenvalue weighted by atomic mass is 9.53. The second kappa shape index (κ2) is 9.39. The molecular formula is C23H32N2O6S. The Hall–Kier alpha value is -2.13. The van der Waals surface area contributed by atoms with E-state index in [0.717, 1.165) is 19.3 Å². The van der Waals surface area contributed by atoms with Crippen LogP contribution in [0.5, 0.6) is 5.75 Å². The third-order valence-electron chi connectivity index (χ3n) is 6.87. The number of ether oxygens (including phenoxy) is 2. The maximum atomic E-state index is 12.4. The van der Waals surface area contributed by atoms with Gasteiger partial charge < -0.3 is 14.8 Å². The summed E-state index contributed by atoms with van der Waals surface area (Å²) in [4.78, 5) is 24.5. The first kappa shape index (κ1) is 23.0. The highest BCUT2D eigenvalue weighted by atomic mass is 32.2. The monoisotopic (exact) mass is 464 g/mol. The molecule has 0 radical (unpaired) electrons. The van der Waals surface area contributed by atoms with Crippen LogP contribution in [0.2, 0.25) is 0 Å². The fraction of sp³-hybridized carbons (Fsp3) is 0.652. The molecule has 0 heterocycles. The fourth-order valence-corrected chi connectivity index (χ4v) is 7.10. The van der Waals surface area contributed by atoms with Gasteiger partial charge in [-0.1, -0.05) is 0 Å². The second-order valence-electron chi connectivity index (χ2n) is 9.46. The Bertz CT molecular complexity index is 908. The van der Waals surface area contributed by atoms with Gasteiger partial charge in [-0.3, -0.25) is 9.59 Å². The molecule has 1 amide bonds. The van der Waals surface area contributed by atoms with Crippen molar-refractivity contribution in [2.45, 2.75) is 62.3 Å². The Morgan fingerprint density at radius 1 is 1.03 bits per heavy atom. The van der Waals surface area contributed by atoms with Gasteiger partial charge in [-0.25, -0.2) is 13.1 Å². The van der Waals surface area contributed by atoms with Crippen molar-refractivity contribution < 1.29 is 27.5 Å². The summed E-state index contributed by atoms with van der Waals surface area (Å²) in [5.74, 6) is 1.85. The predicted molar refractivity (Wildman–Crippen MR) is 117 cm³/mol. The number of hydrogen-bond donors (Lipinski definition) is 2. The van der Waals surface area contributed by atoms with E-state index in [4.69, 9.17) is 9.47 Å². The average molecular weight is 465 g/mol. The number of sulfonamides is 1. The quantitative estimate of drug-likeness (QED) is 0.515. The van der Waals surface area contributed by atoms with Gasteiger partial charge in [0.05, 0.1) is 17.9 Å². The Kier molecular flexibility index (Phi) is 6.76. The number of hydrogen-bond acceptors (Lipinski definition) is 6. The van der Waals surface area contributed by atoms with E-state index in [1.807, 2.05) is 6.92 Å². The molecule has 8 nitrogen and oxygen atoms in total. The average Bonchev–Trinajstić information content (AvgIpc) is 2.71. The van der Waals surface area contributed by atoms with Gasteiger partial charge in [-0.05, 0) is 87.5 Å². The molecular weight excluding hydrogens is 432 g/mol. The molecule has 0 atom stereocenters. The number of rotatable bonds is 10. The zero-order chi connectivity index (χ0) is 22.8. The number of benzene rings is 1. The van der Waals surface area contributed by atoms with Gasteiger partial charge in [0, 0.05) is 12.1 Å². The van der Waals surface area contributed by atoms with Crippen molar-refractivity contribution in [1.29, 1.82) is 0 Å². The van der Waals surface area contributed by atoms with E-state index >= 15 is 0 Å². The highest BCUT2D eigenvalue weighted by molar-refractivity contribution is 7.89. The fourth-order valence-electron chi connectivity index (χ4n) is 6.07. The molecule has 1 aromatic rings. The summed E-state index contributed by atoms with van der Waals surface area (Å²) < 4.78 is 37.4. The Balaban J connectivity index is 1.18. The van der Waals surface area contributed by atoms with E-state index in [2.05, 4.69) is 10.0 Å². The van der Waals surface area contributed by atoms with Crippen LogP contribution in [0, 0.1) is 17.8 Å². The highest BCUT2D eigenvalue weighted by Crippen LogP contribution is 2.55. The molecule has 4 saturated carbocycles. The standard InChI is InChI=1S/C23H32N2O6S/c1-2-30-19-3-5-20(6-4-19)32(28,29)24-8-7-22(27)31-15-21(26)25-23-12-16-9-17(13-23)11-18(10-16)14-23/h3-6,16-18,24H,2,7-15H2,1H3,(H,25,26). The molecule has 0 aliphatic heterocycles. The van der Waals surface area contributed by atoms with Crippen molar-refractivity contribution in [3.63, 3.8) is 0 Å². The van der Waals surface area contributed by atoms with E-state index in [0.29, 0.717) is 30.1 Å². The molecule has 4 aliphatic carbocycles. The molecule has 1 aromatic carbocycles. The summed E-state index contributed by atoms with van der Waals surface area (Å²) >= 11 is 0. The van der Waals surface area contributed by atoms with Crippen molar-refractivity contribution in [3.8, 4) is 5.75 Å². The van der Waals surface area contributed by atoms with Crippen LogP contribution in [-0.4, -0.2) is 45.6 Å². The van der Waals surface area contributed by atoms with Gasteiger partial charge in [0.15, 0.2) is 6.61 Å². The summed E-state index contributed by atoms with van der Waals surface area (Å²) in [7, 11) is -3.74. The number of nitrogens with one attached hydrogen (secondary N) is 2. The van der Waals surface area contributed by atoms with Crippen LogP contribution in [0.25, 0.3) is 0 Å². The van der Waals surface area contributed by atoms with Crippen LogP contribution in [0.3, 0.4) is 0 Å². The first-order chi connectivity index (χ1) is 15.3. The van der Waals surface area contributed by atoms with E-state index < -0.39 is 16.0 Å². The zero-order valence-corrected chi connectivity index (χ0v) is 19.3. The van der Waals surface area contributed by atoms with Crippen LogP contribution in [-0.2, 0) is 24.3 Å². The molecule has 4 fully saturated rings. The highest BCUT2D eigenvalue weighted by Gasteiger charge is 2.51. The molecule has 2 N–H and O–H groups in total. The second-order valence-corrected chi connectivity index (χ2v) is 11.2. The smallest absolute Gasteiger partial charge is 0.307 e. The number of esters is 1. The molecule has 9 heteroatoms. The maximum absolute atomic E-state index is 12.4. The summed E-state index contributed by atoms with van der Waals surface area (Å²) in [5, 5.41) is 3.16. The van der Waals surface area contributed by atoms with Crippen molar-refractivity contribution >= 4 is 21.9 Å². The lowest BCUT2D eigenvalue weighted by Crippen LogP contribution is -2.60. The van der Waals surface area contributed by atoms with Crippen molar-refractivity contribution in [3.05, 3.63) is 24.3 Å². The number of carbonyl (C=O) groups excluding carboxylic acids is 2. The molecule has 0 aromatic heterocycles. The molecule has 5 rings (SSSR count). The van der Waals surface area contributed by atoms with Crippen molar-refractivity contribution in [1.82, 2.24) is 10.0 Å². The minimum Gasteiger partial charge on any atom is -0.494 e. The zero-order valence-electron chi connectivity index (χ0n) is 18.5. The topological polar surface area (TPSA) is 111 Å². The van der Waals surface area contributed by atoms with Gasteiger partial charge in [0.1, 0.15) is 5.75 Å². The number of carbonyl (C=O) groups is 2. The van der Waals surface area contributed by atoms with E-state index in [1.165, 1.54) is 31.4 Å². The minimum atomic E-state index is -3.74. The Morgan fingerprint density at radius 2 is 1.62 bits per heavy atom. The molecule has 0 saturated heterocycles.